The van der Waals surface area contributed by atoms with Gasteiger partial charge in [-0.2, -0.15) is 0 Å². The third-order valence-corrected chi connectivity index (χ3v) is 3.84. The zero-order chi connectivity index (χ0) is 13.4. The van der Waals surface area contributed by atoms with E-state index in [1.54, 1.807) is 0 Å². The van der Waals surface area contributed by atoms with E-state index in [9.17, 15) is 4.79 Å². The van der Waals surface area contributed by atoms with Gasteiger partial charge in [-0.15, -0.1) is 6.42 Å². The normalized spacial score (nSPS) is 26.3. The maximum Gasteiger partial charge on any atom is 0.410 e. The molecule has 0 radical (unpaired) electrons. The molecule has 0 aromatic carbocycles. The molecule has 0 spiro atoms. The van der Waals surface area contributed by atoms with Gasteiger partial charge in [0.05, 0.1) is 11.5 Å². The van der Waals surface area contributed by atoms with E-state index in [0.29, 0.717) is 0 Å². The number of amides is 1. The third-order valence-electron chi connectivity index (χ3n) is 3.84. The first kappa shape index (κ1) is 13.3. The van der Waals surface area contributed by atoms with E-state index in [1.165, 1.54) is 0 Å². The highest BCUT2D eigenvalue weighted by atomic mass is 16.6. The molecule has 1 aliphatic heterocycles. The first-order valence-corrected chi connectivity index (χ1v) is 6.85. The average Bonchev–Trinajstić information content (AvgIpc) is 3.07. The highest BCUT2D eigenvalue weighted by molar-refractivity contribution is 5.69. The minimum Gasteiger partial charge on any atom is -0.444 e. The summed E-state index contributed by atoms with van der Waals surface area (Å²) in [5, 5.41) is 0. The number of carbonyl (C=O) groups excluding carboxylic acids is 1. The van der Waals surface area contributed by atoms with Crippen LogP contribution >= 0.6 is 0 Å². The summed E-state index contributed by atoms with van der Waals surface area (Å²) in [6, 6.07) is 0.186. The fraction of sp³-hybridized carbons (Fsp3) is 0.800. The van der Waals surface area contributed by atoms with E-state index in [-0.39, 0.29) is 17.6 Å². The van der Waals surface area contributed by atoms with Crippen LogP contribution in [0.25, 0.3) is 0 Å². The van der Waals surface area contributed by atoms with Crippen molar-refractivity contribution in [3.8, 4) is 12.3 Å². The third kappa shape index (κ3) is 2.63. The molecular weight excluding hydrogens is 226 g/mol. The molecule has 3 heteroatoms. The summed E-state index contributed by atoms with van der Waals surface area (Å²) in [6.07, 6.45) is 10.8. The number of likely N-dealkylation sites (tertiary alicyclic amines) is 1. The molecule has 2 aliphatic rings. The number of piperidine rings is 1. The molecule has 1 unspecified atom stereocenters. The summed E-state index contributed by atoms with van der Waals surface area (Å²) in [6.45, 7) is 6.48. The van der Waals surface area contributed by atoms with Crippen LogP contribution in [0.1, 0.15) is 52.9 Å². The highest BCUT2D eigenvalue weighted by Gasteiger charge is 2.52. The molecule has 1 saturated heterocycles. The van der Waals surface area contributed by atoms with Gasteiger partial charge >= 0.3 is 6.09 Å². The maximum atomic E-state index is 12.2. The molecule has 0 N–H and O–H groups in total. The van der Waals surface area contributed by atoms with Crippen molar-refractivity contribution < 1.29 is 9.53 Å². The van der Waals surface area contributed by atoms with Gasteiger partial charge in [-0.25, -0.2) is 4.79 Å². The van der Waals surface area contributed by atoms with Gasteiger partial charge in [0.1, 0.15) is 5.60 Å². The number of hydrogen-bond donors (Lipinski definition) is 0. The standard InChI is InChI=1S/C15H23NO2/c1-5-15(9-10-15)12-8-6-7-11-16(12)13(17)18-14(2,3)4/h1,12H,6-11H2,2-4H3. The van der Waals surface area contributed by atoms with Crippen molar-refractivity contribution in [3.05, 3.63) is 0 Å². The van der Waals surface area contributed by atoms with Crippen molar-refractivity contribution in [1.29, 1.82) is 0 Å². The quantitative estimate of drug-likeness (QED) is 0.668. The van der Waals surface area contributed by atoms with Crippen molar-refractivity contribution in [3.63, 3.8) is 0 Å². The van der Waals surface area contributed by atoms with Crippen LogP contribution in [0.5, 0.6) is 0 Å². The Morgan fingerprint density at radius 1 is 1.39 bits per heavy atom. The highest BCUT2D eigenvalue weighted by Crippen LogP contribution is 2.52. The fourth-order valence-electron chi connectivity index (χ4n) is 2.75. The van der Waals surface area contributed by atoms with Crippen molar-refractivity contribution in [1.82, 2.24) is 4.90 Å². The molecule has 3 nitrogen and oxygen atoms in total. The predicted molar refractivity (Wildman–Crippen MR) is 71.1 cm³/mol. The first-order chi connectivity index (χ1) is 8.38. The van der Waals surface area contributed by atoms with Crippen molar-refractivity contribution in [2.24, 2.45) is 5.41 Å². The number of ether oxygens (including phenoxy) is 1. The number of nitrogens with zero attached hydrogens (tertiary/aromatic N) is 1. The summed E-state index contributed by atoms with van der Waals surface area (Å²) in [4.78, 5) is 14.1. The minimum absolute atomic E-state index is 0.0582. The van der Waals surface area contributed by atoms with Crippen molar-refractivity contribution in [2.45, 2.75) is 64.5 Å². The van der Waals surface area contributed by atoms with Crippen LogP contribution in [0, 0.1) is 17.8 Å². The van der Waals surface area contributed by atoms with Crippen molar-refractivity contribution in [2.75, 3.05) is 6.54 Å². The Hall–Kier alpha value is -1.17. The number of terminal acetylenes is 1. The number of rotatable bonds is 1. The van der Waals surface area contributed by atoms with Crippen LogP contribution in [0.15, 0.2) is 0 Å². The van der Waals surface area contributed by atoms with Crippen LogP contribution in [0.2, 0.25) is 0 Å². The van der Waals surface area contributed by atoms with Gasteiger partial charge in [0.25, 0.3) is 0 Å². The second-order valence-electron chi connectivity index (χ2n) is 6.49. The zero-order valence-corrected chi connectivity index (χ0v) is 11.7. The lowest BCUT2D eigenvalue weighted by atomic mass is 9.88. The van der Waals surface area contributed by atoms with Gasteiger partial charge in [0, 0.05) is 6.54 Å². The van der Waals surface area contributed by atoms with E-state index in [1.807, 2.05) is 25.7 Å². The Labute approximate surface area is 110 Å². The van der Waals surface area contributed by atoms with Gasteiger partial charge < -0.3 is 9.64 Å². The van der Waals surface area contributed by atoms with Crippen molar-refractivity contribution >= 4 is 6.09 Å². The summed E-state index contributed by atoms with van der Waals surface area (Å²) in [7, 11) is 0. The van der Waals surface area contributed by atoms with Gasteiger partial charge in [0.15, 0.2) is 0 Å². The molecule has 2 fully saturated rings. The van der Waals surface area contributed by atoms with Gasteiger partial charge in [0.2, 0.25) is 0 Å². The van der Waals surface area contributed by atoms with Crippen LogP contribution in [0.4, 0.5) is 4.79 Å². The molecule has 1 heterocycles. The molecule has 1 saturated carbocycles. The molecule has 0 aromatic heterocycles. The van der Waals surface area contributed by atoms with Crippen LogP contribution in [0.3, 0.4) is 0 Å². The molecule has 1 aliphatic carbocycles. The largest absolute Gasteiger partial charge is 0.444 e. The summed E-state index contributed by atoms with van der Waals surface area (Å²) >= 11 is 0. The Kier molecular flexibility index (Phi) is 3.31. The maximum absolute atomic E-state index is 12.2. The second kappa shape index (κ2) is 4.50. The lowest BCUT2D eigenvalue weighted by Gasteiger charge is -2.39. The molecule has 2 rings (SSSR count). The van der Waals surface area contributed by atoms with E-state index in [2.05, 4.69) is 5.92 Å². The molecule has 0 aromatic rings. The van der Waals surface area contributed by atoms with Crippen LogP contribution in [-0.4, -0.2) is 29.2 Å². The lowest BCUT2D eigenvalue weighted by molar-refractivity contribution is 0.00316. The SMILES string of the molecule is C#CC1(C2CCCCN2C(=O)OC(C)(C)C)CC1. The first-order valence-electron chi connectivity index (χ1n) is 6.85. The Bertz CT molecular complexity index is 371. The Balaban J connectivity index is 2.09. The van der Waals surface area contributed by atoms with E-state index in [4.69, 9.17) is 11.2 Å². The molecule has 1 atom stereocenters. The van der Waals surface area contributed by atoms with Crippen LogP contribution in [-0.2, 0) is 4.74 Å². The molecule has 18 heavy (non-hydrogen) atoms. The molecular formula is C15H23NO2. The second-order valence-corrected chi connectivity index (χ2v) is 6.49. The monoisotopic (exact) mass is 249 g/mol. The van der Waals surface area contributed by atoms with E-state index >= 15 is 0 Å². The zero-order valence-electron chi connectivity index (χ0n) is 11.7. The van der Waals surface area contributed by atoms with Gasteiger partial charge in [-0.05, 0) is 52.9 Å². The van der Waals surface area contributed by atoms with Gasteiger partial charge in [-0.3, -0.25) is 0 Å². The molecule has 1 amide bonds. The van der Waals surface area contributed by atoms with Crippen LogP contribution < -0.4 is 0 Å². The fourth-order valence-corrected chi connectivity index (χ4v) is 2.75. The summed E-state index contributed by atoms with van der Waals surface area (Å²) < 4.78 is 5.49. The van der Waals surface area contributed by atoms with Gasteiger partial charge in [-0.1, -0.05) is 5.92 Å². The van der Waals surface area contributed by atoms with E-state index < -0.39 is 5.60 Å². The predicted octanol–water partition coefficient (Wildman–Crippen LogP) is 3.19. The average molecular weight is 249 g/mol. The minimum atomic E-state index is -0.439. The topological polar surface area (TPSA) is 29.5 Å². The Morgan fingerprint density at radius 3 is 2.56 bits per heavy atom. The Morgan fingerprint density at radius 2 is 2.06 bits per heavy atom. The number of carbonyl (C=O) groups is 1. The summed E-state index contributed by atoms with van der Waals surface area (Å²) in [5.74, 6) is 2.92. The molecule has 100 valence electrons. The smallest absolute Gasteiger partial charge is 0.410 e. The number of hydrogen-bond acceptors (Lipinski definition) is 2. The van der Waals surface area contributed by atoms with E-state index in [0.717, 1.165) is 38.6 Å². The molecule has 0 bridgehead atoms. The summed E-state index contributed by atoms with van der Waals surface area (Å²) in [5.41, 5.74) is -0.497. The lowest BCUT2D eigenvalue weighted by Crippen LogP contribution is -2.49.